The summed E-state index contributed by atoms with van der Waals surface area (Å²) >= 11 is 5.11. The predicted octanol–water partition coefficient (Wildman–Crippen LogP) is 1.73. The molecule has 0 aromatic rings. The van der Waals surface area contributed by atoms with Gasteiger partial charge in [0, 0.05) is 0 Å². The minimum absolute atomic E-state index is 0.427. The number of ether oxygens (including phenoxy) is 1. The summed E-state index contributed by atoms with van der Waals surface area (Å²) in [6, 6.07) is 0. The average molecular weight is 193 g/mol. The molecule has 70 valence electrons. The Labute approximate surface area is 77.0 Å². The summed E-state index contributed by atoms with van der Waals surface area (Å²) in [5.74, 6) is -0.427. The van der Waals surface area contributed by atoms with Gasteiger partial charge in [0.25, 0.3) is 5.24 Å². The molecule has 4 heteroatoms. The number of esters is 1. The number of hydrogen-bond donors (Lipinski definition) is 0. The van der Waals surface area contributed by atoms with Crippen LogP contribution in [0.25, 0.3) is 0 Å². The first-order chi connectivity index (χ1) is 5.25. The highest BCUT2D eigenvalue weighted by Gasteiger charge is 2.26. The van der Waals surface area contributed by atoms with Gasteiger partial charge in [-0.05, 0) is 39.3 Å². The van der Waals surface area contributed by atoms with Crippen LogP contribution in [0.1, 0.15) is 27.7 Å². The summed E-state index contributed by atoms with van der Waals surface area (Å²) in [5.41, 5.74) is -0.597. The Morgan fingerprint density at radius 1 is 1.33 bits per heavy atom. The number of halogens is 1. The molecule has 0 rings (SSSR count). The van der Waals surface area contributed by atoms with Crippen molar-refractivity contribution in [3.05, 3.63) is 0 Å². The van der Waals surface area contributed by atoms with Crippen LogP contribution < -0.4 is 0 Å². The van der Waals surface area contributed by atoms with Gasteiger partial charge in [0.05, 0.1) is 5.41 Å². The monoisotopic (exact) mass is 192 g/mol. The van der Waals surface area contributed by atoms with Crippen LogP contribution in [0.3, 0.4) is 0 Å². The smallest absolute Gasteiger partial charge is 0.311 e. The fourth-order valence-corrected chi connectivity index (χ4v) is 0.428. The van der Waals surface area contributed by atoms with Crippen molar-refractivity contribution in [2.24, 2.45) is 5.41 Å². The van der Waals surface area contributed by atoms with Crippen LogP contribution in [0.4, 0.5) is 0 Å². The molecule has 1 atom stereocenters. The van der Waals surface area contributed by atoms with Gasteiger partial charge in [0.15, 0.2) is 6.10 Å². The first-order valence-corrected chi connectivity index (χ1v) is 4.03. The Morgan fingerprint density at radius 3 is 2.00 bits per heavy atom. The van der Waals surface area contributed by atoms with Gasteiger partial charge in [-0.25, -0.2) is 0 Å². The van der Waals surface area contributed by atoms with Crippen molar-refractivity contribution in [3.8, 4) is 0 Å². The van der Waals surface area contributed by atoms with Gasteiger partial charge in [-0.3, -0.25) is 9.59 Å². The van der Waals surface area contributed by atoms with Crippen LogP contribution in [-0.4, -0.2) is 17.3 Å². The Morgan fingerprint density at radius 2 is 1.75 bits per heavy atom. The van der Waals surface area contributed by atoms with Crippen molar-refractivity contribution in [1.82, 2.24) is 0 Å². The molecule has 0 saturated heterocycles. The zero-order chi connectivity index (χ0) is 9.94. The zero-order valence-electron chi connectivity index (χ0n) is 7.68. The van der Waals surface area contributed by atoms with Crippen molar-refractivity contribution in [2.75, 3.05) is 0 Å². The third kappa shape index (κ3) is 3.72. The molecule has 0 aliphatic heterocycles. The molecule has 0 aliphatic rings. The van der Waals surface area contributed by atoms with Crippen molar-refractivity contribution in [2.45, 2.75) is 33.8 Å². The van der Waals surface area contributed by atoms with E-state index in [9.17, 15) is 9.59 Å². The lowest BCUT2D eigenvalue weighted by atomic mass is 9.97. The molecule has 12 heavy (non-hydrogen) atoms. The van der Waals surface area contributed by atoms with E-state index >= 15 is 0 Å². The minimum Gasteiger partial charge on any atom is -0.453 e. The van der Waals surface area contributed by atoms with Gasteiger partial charge in [0.2, 0.25) is 0 Å². The molecule has 0 aromatic carbocycles. The summed E-state index contributed by atoms with van der Waals surface area (Å²) in [6.07, 6.45) is -0.863. The lowest BCUT2D eigenvalue weighted by Gasteiger charge is -2.18. The number of hydrogen-bond acceptors (Lipinski definition) is 3. The van der Waals surface area contributed by atoms with E-state index in [4.69, 9.17) is 16.3 Å². The summed E-state index contributed by atoms with van der Waals surface area (Å²) in [4.78, 5) is 21.6. The maximum atomic E-state index is 11.1. The second kappa shape index (κ2) is 3.90. The molecule has 0 N–H and O–H groups in total. The Hall–Kier alpha value is -0.570. The van der Waals surface area contributed by atoms with Crippen LogP contribution in [0.2, 0.25) is 0 Å². The highest BCUT2D eigenvalue weighted by Crippen LogP contribution is 2.16. The highest BCUT2D eigenvalue weighted by atomic mass is 35.5. The SMILES string of the molecule is CC(OC(=O)C(C)(C)C)C(=O)Cl. The molecular weight excluding hydrogens is 180 g/mol. The molecule has 0 fully saturated rings. The third-order valence-electron chi connectivity index (χ3n) is 1.22. The Balaban J connectivity index is 4.11. The molecule has 0 amide bonds. The summed E-state index contributed by atoms with van der Waals surface area (Å²) < 4.78 is 4.76. The molecule has 0 saturated carbocycles. The van der Waals surface area contributed by atoms with Crippen molar-refractivity contribution < 1.29 is 14.3 Å². The quantitative estimate of drug-likeness (QED) is 0.494. The number of carbonyl (C=O) groups excluding carboxylic acids is 2. The lowest BCUT2D eigenvalue weighted by molar-refractivity contribution is -0.160. The molecule has 0 heterocycles. The second-order valence-corrected chi connectivity index (χ2v) is 3.97. The first-order valence-electron chi connectivity index (χ1n) is 3.65. The van der Waals surface area contributed by atoms with Gasteiger partial charge in [-0.2, -0.15) is 0 Å². The van der Waals surface area contributed by atoms with Gasteiger partial charge in [-0.15, -0.1) is 0 Å². The second-order valence-electron chi connectivity index (χ2n) is 3.60. The van der Waals surface area contributed by atoms with E-state index in [1.807, 2.05) is 0 Å². The molecular formula is C8H13ClO3. The van der Waals surface area contributed by atoms with Crippen molar-refractivity contribution in [3.63, 3.8) is 0 Å². The molecule has 0 spiro atoms. The lowest BCUT2D eigenvalue weighted by Crippen LogP contribution is -2.29. The zero-order valence-corrected chi connectivity index (χ0v) is 8.44. The van der Waals surface area contributed by atoms with Crippen LogP contribution in [-0.2, 0) is 14.3 Å². The Bertz CT molecular complexity index is 193. The highest BCUT2D eigenvalue weighted by molar-refractivity contribution is 6.64. The van der Waals surface area contributed by atoms with Crippen molar-refractivity contribution >= 4 is 22.8 Å². The predicted molar refractivity (Wildman–Crippen MR) is 45.9 cm³/mol. The van der Waals surface area contributed by atoms with Crippen LogP contribution in [0, 0.1) is 5.41 Å². The fraction of sp³-hybridized carbons (Fsp3) is 0.750. The molecule has 1 unspecified atom stereocenters. The van der Waals surface area contributed by atoms with Gasteiger partial charge < -0.3 is 4.74 Å². The summed E-state index contributed by atoms with van der Waals surface area (Å²) in [6.45, 7) is 6.57. The first kappa shape index (κ1) is 11.4. The third-order valence-corrected chi connectivity index (χ3v) is 1.52. The fourth-order valence-electron chi connectivity index (χ4n) is 0.384. The van der Waals surface area contributed by atoms with E-state index in [2.05, 4.69) is 0 Å². The standard InChI is InChI=1S/C8H13ClO3/c1-5(6(9)10)12-7(11)8(2,3)4/h5H,1-4H3. The Kier molecular flexibility index (Phi) is 3.71. The van der Waals surface area contributed by atoms with Gasteiger partial charge >= 0.3 is 5.97 Å². The maximum absolute atomic E-state index is 11.1. The van der Waals surface area contributed by atoms with E-state index in [1.165, 1.54) is 6.92 Å². The molecule has 0 aliphatic carbocycles. The molecule has 3 nitrogen and oxygen atoms in total. The molecule has 0 radical (unpaired) electrons. The maximum Gasteiger partial charge on any atom is 0.311 e. The van der Waals surface area contributed by atoms with Gasteiger partial charge in [-0.1, -0.05) is 0 Å². The minimum atomic E-state index is -0.863. The topological polar surface area (TPSA) is 43.4 Å². The largest absolute Gasteiger partial charge is 0.453 e. The van der Waals surface area contributed by atoms with Crippen LogP contribution in [0.15, 0.2) is 0 Å². The van der Waals surface area contributed by atoms with Crippen LogP contribution >= 0.6 is 11.6 Å². The van der Waals surface area contributed by atoms with Crippen molar-refractivity contribution in [1.29, 1.82) is 0 Å². The van der Waals surface area contributed by atoms with E-state index in [0.717, 1.165) is 0 Å². The van der Waals surface area contributed by atoms with E-state index < -0.39 is 22.7 Å². The van der Waals surface area contributed by atoms with E-state index in [-0.39, 0.29) is 0 Å². The summed E-state index contributed by atoms with van der Waals surface area (Å²) in [5, 5.41) is -0.660. The average Bonchev–Trinajstić information content (AvgIpc) is 1.85. The van der Waals surface area contributed by atoms with Gasteiger partial charge in [0.1, 0.15) is 0 Å². The number of carbonyl (C=O) groups is 2. The number of rotatable bonds is 2. The van der Waals surface area contributed by atoms with E-state index in [1.54, 1.807) is 20.8 Å². The van der Waals surface area contributed by atoms with E-state index in [0.29, 0.717) is 0 Å². The normalized spacial score (nSPS) is 13.8. The molecule has 0 bridgehead atoms. The van der Waals surface area contributed by atoms with Crippen LogP contribution in [0.5, 0.6) is 0 Å². The summed E-state index contributed by atoms with van der Waals surface area (Å²) in [7, 11) is 0. The molecule has 0 aromatic heterocycles.